The molecule has 4 heteroatoms. The molecular formula is C14H14FN3. The van der Waals surface area contributed by atoms with E-state index < -0.39 is 0 Å². The van der Waals surface area contributed by atoms with Crippen molar-refractivity contribution < 1.29 is 4.39 Å². The standard InChI is InChI=1S/C14H14FN3/c15-12-6-2-1-5-11(12)14(7-3-8-14)18-13-16-9-4-10-17-13/h1-2,4-6,9-10H,3,7-8H2,(H,16,17,18). The first-order valence-corrected chi connectivity index (χ1v) is 6.10. The highest BCUT2D eigenvalue weighted by Gasteiger charge is 2.41. The molecule has 0 spiro atoms. The topological polar surface area (TPSA) is 37.8 Å². The molecule has 92 valence electrons. The van der Waals surface area contributed by atoms with E-state index in [2.05, 4.69) is 15.3 Å². The molecule has 0 radical (unpaired) electrons. The highest BCUT2D eigenvalue weighted by atomic mass is 19.1. The van der Waals surface area contributed by atoms with E-state index in [4.69, 9.17) is 0 Å². The van der Waals surface area contributed by atoms with Gasteiger partial charge in [-0.3, -0.25) is 0 Å². The maximum Gasteiger partial charge on any atom is 0.223 e. The third kappa shape index (κ3) is 1.83. The summed E-state index contributed by atoms with van der Waals surface area (Å²) in [7, 11) is 0. The fourth-order valence-corrected chi connectivity index (χ4v) is 2.42. The van der Waals surface area contributed by atoms with Gasteiger partial charge in [0.05, 0.1) is 5.54 Å². The number of nitrogens with zero attached hydrogens (tertiary/aromatic N) is 2. The van der Waals surface area contributed by atoms with Crippen LogP contribution in [0.4, 0.5) is 10.3 Å². The number of hydrogen-bond donors (Lipinski definition) is 1. The number of anilines is 1. The molecule has 1 aromatic heterocycles. The molecule has 0 atom stereocenters. The summed E-state index contributed by atoms with van der Waals surface area (Å²) < 4.78 is 13.9. The summed E-state index contributed by atoms with van der Waals surface area (Å²) in [5, 5.41) is 3.29. The zero-order chi connectivity index (χ0) is 12.4. The van der Waals surface area contributed by atoms with E-state index >= 15 is 0 Å². The van der Waals surface area contributed by atoms with Gasteiger partial charge in [0.2, 0.25) is 5.95 Å². The molecule has 0 unspecified atom stereocenters. The molecule has 1 fully saturated rings. The molecular weight excluding hydrogens is 229 g/mol. The second-order valence-corrected chi connectivity index (χ2v) is 4.61. The third-order valence-electron chi connectivity index (χ3n) is 3.51. The minimum Gasteiger partial charge on any atom is -0.345 e. The van der Waals surface area contributed by atoms with E-state index in [0.29, 0.717) is 11.5 Å². The lowest BCUT2D eigenvalue weighted by Gasteiger charge is -2.43. The van der Waals surface area contributed by atoms with E-state index in [0.717, 1.165) is 19.3 Å². The average Bonchev–Trinajstić information content (AvgIpc) is 2.36. The molecule has 0 saturated heterocycles. The van der Waals surface area contributed by atoms with E-state index in [1.165, 1.54) is 6.07 Å². The lowest BCUT2D eigenvalue weighted by atomic mass is 9.71. The smallest absolute Gasteiger partial charge is 0.223 e. The highest BCUT2D eigenvalue weighted by molar-refractivity contribution is 5.39. The lowest BCUT2D eigenvalue weighted by molar-refractivity contribution is 0.273. The summed E-state index contributed by atoms with van der Waals surface area (Å²) in [4.78, 5) is 8.31. The van der Waals surface area contributed by atoms with Gasteiger partial charge in [-0.15, -0.1) is 0 Å². The number of nitrogens with one attached hydrogen (secondary N) is 1. The van der Waals surface area contributed by atoms with Gasteiger partial charge < -0.3 is 5.32 Å². The number of hydrogen-bond acceptors (Lipinski definition) is 3. The SMILES string of the molecule is Fc1ccccc1C1(Nc2ncccn2)CCC1. The Kier molecular flexibility index (Phi) is 2.70. The molecule has 1 aliphatic rings. The highest BCUT2D eigenvalue weighted by Crippen LogP contribution is 2.44. The van der Waals surface area contributed by atoms with Crippen LogP contribution in [0.5, 0.6) is 0 Å². The normalized spacial score (nSPS) is 16.9. The molecule has 1 saturated carbocycles. The maximum atomic E-state index is 13.9. The number of aromatic nitrogens is 2. The zero-order valence-electron chi connectivity index (χ0n) is 9.94. The molecule has 0 bridgehead atoms. The zero-order valence-corrected chi connectivity index (χ0v) is 9.94. The summed E-state index contributed by atoms with van der Waals surface area (Å²) in [6.07, 6.45) is 6.28. The van der Waals surface area contributed by atoms with Crippen molar-refractivity contribution in [2.24, 2.45) is 0 Å². The summed E-state index contributed by atoms with van der Waals surface area (Å²) in [5.41, 5.74) is 0.371. The summed E-state index contributed by atoms with van der Waals surface area (Å²) in [6, 6.07) is 8.69. The van der Waals surface area contributed by atoms with Gasteiger partial charge in [0.25, 0.3) is 0 Å². The van der Waals surface area contributed by atoms with Crippen LogP contribution in [0.2, 0.25) is 0 Å². The number of benzene rings is 1. The Hall–Kier alpha value is -1.97. The van der Waals surface area contributed by atoms with Gasteiger partial charge >= 0.3 is 0 Å². The molecule has 0 amide bonds. The molecule has 1 aliphatic carbocycles. The summed E-state index contributed by atoms with van der Waals surface area (Å²) in [6.45, 7) is 0. The Labute approximate surface area is 105 Å². The molecule has 2 aromatic rings. The fraction of sp³-hybridized carbons (Fsp3) is 0.286. The van der Waals surface area contributed by atoms with E-state index in [1.807, 2.05) is 12.1 Å². The van der Waals surface area contributed by atoms with Gasteiger partial charge in [-0.05, 0) is 31.4 Å². The van der Waals surface area contributed by atoms with Crippen molar-refractivity contribution in [1.82, 2.24) is 9.97 Å². The second-order valence-electron chi connectivity index (χ2n) is 4.61. The molecule has 3 rings (SSSR count). The Morgan fingerprint density at radius 3 is 2.39 bits per heavy atom. The molecule has 3 nitrogen and oxygen atoms in total. The molecule has 18 heavy (non-hydrogen) atoms. The van der Waals surface area contributed by atoms with Crippen LogP contribution in [-0.2, 0) is 5.54 Å². The third-order valence-corrected chi connectivity index (χ3v) is 3.51. The average molecular weight is 243 g/mol. The van der Waals surface area contributed by atoms with Crippen LogP contribution in [-0.4, -0.2) is 9.97 Å². The summed E-state index contributed by atoms with van der Waals surface area (Å²) in [5.74, 6) is 0.390. The fourth-order valence-electron chi connectivity index (χ4n) is 2.42. The first-order chi connectivity index (χ1) is 8.80. The quantitative estimate of drug-likeness (QED) is 0.900. The minimum atomic E-state index is -0.341. The van der Waals surface area contributed by atoms with Gasteiger partial charge in [-0.2, -0.15) is 0 Å². The van der Waals surface area contributed by atoms with Crippen LogP contribution in [0, 0.1) is 5.82 Å². The van der Waals surface area contributed by atoms with Crippen LogP contribution in [0.3, 0.4) is 0 Å². The molecule has 0 aliphatic heterocycles. The van der Waals surface area contributed by atoms with Crippen molar-refractivity contribution in [3.63, 3.8) is 0 Å². The second kappa shape index (κ2) is 4.37. The van der Waals surface area contributed by atoms with Gasteiger partial charge in [0.1, 0.15) is 5.82 Å². The minimum absolute atomic E-state index is 0.166. The van der Waals surface area contributed by atoms with Crippen molar-refractivity contribution in [3.8, 4) is 0 Å². The van der Waals surface area contributed by atoms with E-state index in [1.54, 1.807) is 24.5 Å². The van der Waals surface area contributed by atoms with Gasteiger partial charge in [-0.1, -0.05) is 18.2 Å². The van der Waals surface area contributed by atoms with Gasteiger partial charge in [0, 0.05) is 18.0 Å². The van der Waals surface area contributed by atoms with Crippen LogP contribution in [0.1, 0.15) is 24.8 Å². The van der Waals surface area contributed by atoms with Crippen molar-refractivity contribution in [2.75, 3.05) is 5.32 Å². The van der Waals surface area contributed by atoms with E-state index in [-0.39, 0.29) is 11.4 Å². The Morgan fingerprint density at radius 2 is 1.78 bits per heavy atom. The largest absolute Gasteiger partial charge is 0.345 e. The van der Waals surface area contributed by atoms with E-state index in [9.17, 15) is 4.39 Å². The van der Waals surface area contributed by atoms with Gasteiger partial charge in [0.15, 0.2) is 0 Å². The van der Waals surface area contributed by atoms with Crippen molar-refractivity contribution in [3.05, 3.63) is 54.1 Å². The maximum absolute atomic E-state index is 13.9. The lowest BCUT2D eigenvalue weighted by Crippen LogP contribution is -2.43. The van der Waals surface area contributed by atoms with Crippen LogP contribution < -0.4 is 5.32 Å². The predicted octanol–water partition coefficient (Wildman–Crippen LogP) is 3.11. The number of rotatable bonds is 3. The monoisotopic (exact) mass is 243 g/mol. The molecule has 1 heterocycles. The Morgan fingerprint density at radius 1 is 1.06 bits per heavy atom. The molecule has 1 aromatic carbocycles. The van der Waals surface area contributed by atoms with Crippen molar-refractivity contribution in [2.45, 2.75) is 24.8 Å². The Bertz CT molecular complexity index is 538. The van der Waals surface area contributed by atoms with Crippen LogP contribution in [0.15, 0.2) is 42.7 Å². The Balaban J connectivity index is 1.94. The van der Waals surface area contributed by atoms with Crippen LogP contribution >= 0.6 is 0 Å². The summed E-state index contributed by atoms with van der Waals surface area (Å²) >= 11 is 0. The first-order valence-electron chi connectivity index (χ1n) is 6.10. The number of halogens is 1. The van der Waals surface area contributed by atoms with Crippen molar-refractivity contribution >= 4 is 5.95 Å². The molecule has 1 N–H and O–H groups in total. The van der Waals surface area contributed by atoms with Crippen molar-refractivity contribution in [1.29, 1.82) is 0 Å². The predicted molar refractivity (Wildman–Crippen MR) is 67.6 cm³/mol. The first kappa shape index (κ1) is 11.1. The van der Waals surface area contributed by atoms with Crippen LogP contribution in [0.25, 0.3) is 0 Å². The van der Waals surface area contributed by atoms with Gasteiger partial charge in [-0.25, -0.2) is 14.4 Å².